The minimum atomic E-state index is 0.0346. The molecule has 0 saturated heterocycles. The molecule has 3 aromatic rings. The van der Waals surface area contributed by atoms with E-state index in [0.717, 1.165) is 16.4 Å². The van der Waals surface area contributed by atoms with E-state index < -0.39 is 0 Å². The van der Waals surface area contributed by atoms with Crippen LogP contribution in [0.15, 0.2) is 59.8 Å². The molecule has 0 spiro atoms. The summed E-state index contributed by atoms with van der Waals surface area (Å²) in [5, 5.41) is 1.37. The van der Waals surface area contributed by atoms with Crippen LogP contribution >= 0.6 is 23.4 Å². The summed E-state index contributed by atoms with van der Waals surface area (Å²) in [6, 6.07) is 14.4. The van der Waals surface area contributed by atoms with Crippen LogP contribution in [0.3, 0.4) is 0 Å². The third-order valence-electron chi connectivity index (χ3n) is 3.26. The zero-order valence-corrected chi connectivity index (χ0v) is 14.5. The number of ketones is 1. The van der Waals surface area contributed by atoms with Crippen molar-refractivity contribution in [3.05, 3.63) is 71.1 Å². The van der Waals surface area contributed by atoms with Gasteiger partial charge in [-0.3, -0.25) is 9.78 Å². The van der Waals surface area contributed by atoms with E-state index in [1.54, 1.807) is 30.5 Å². The first-order valence-corrected chi connectivity index (χ1v) is 8.67. The average molecular weight is 356 g/mol. The molecule has 3 rings (SSSR count). The van der Waals surface area contributed by atoms with Gasteiger partial charge in [-0.25, -0.2) is 9.97 Å². The van der Waals surface area contributed by atoms with Gasteiger partial charge in [-0.2, -0.15) is 0 Å². The quantitative estimate of drug-likeness (QED) is 0.384. The van der Waals surface area contributed by atoms with E-state index in [4.69, 9.17) is 11.6 Å². The molecule has 0 N–H and O–H groups in total. The summed E-state index contributed by atoms with van der Waals surface area (Å²) in [6.45, 7) is 1.83. The summed E-state index contributed by atoms with van der Waals surface area (Å²) < 4.78 is 0. The Bertz CT molecular complexity index is 854. The number of aryl methyl sites for hydroxylation is 1. The minimum Gasteiger partial charge on any atom is -0.293 e. The Hall–Kier alpha value is -2.24. The molecule has 0 aliphatic heterocycles. The zero-order valence-electron chi connectivity index (χ0n) is 12.9. The lowest BCUT2D eigenvalue weighted by molar-refractivity contribution is 0.102. The Morgan fingerprint density at radius 3 is 2.58 bits per heavy atom. The standard InChI is InChI=1S/C18H14ClN3OS/c1-12-21-16(15-4-2-3-9-20-15)10-18(22-12)24-11-17(23)13-5-7-14(19)8-6-13/h2-10H,11H2,1H3. The second-order valence-corrected chi connectivity index (χ2v) is 6.50. The molecule has 0 radical (unpaired) electrons. The normalized spacial score (nSPS) is 10.6. The highest BCUT2D eigenvalue weighted by Crippen LogP contribution is 2.22. The highest BCUT2D eigenvalue weighted by molar-refractivity contribution is 7.99. The predicted octanol–water partition coefficient (Wildman–Crippen LogP) is 4.48. The zero-order chi connectivity index (χ0) is 16.9. The van der Waals surface area contributed by atoms with Crippen molar-refractivity contribution in [1.29, 1.82) is 0 Å². The van der Waals surface area contributed by atoms with E-state index >= 15 is 0 Å². The first kappa shape index (κ1) is 16.6. The third-order valence-corrected chi connectivity index (χ3v) is 4.42. The summed E-state index contributed by atoms with van der Waals surface area (Å²) in [6.07, 6.45) is 1.73. The van der Waals surface area contributed by atoms with Crippen LogP contribution in [0.2, 0.25) is 5.02 Å². The maximum atomic E-state index is 12.2. The fourth-order valence-electron chi connectivity index (χ4n) is 2.12. The molecule has 1 aromatic carbocycles. The number of halogens is 1. The molecule has 0 aliphatic carbocycles. The molecule has 0 amide bonds. The van der Waals surface area contributed by atoms with Crippen LogP contribution in [0, 0.1) is 6.92 Å². The maximum Gasteiger partial charge on any atom is 0.173 e. The van der Waals surface area contributed by atoms with Gasteiger partial charge in [-0.15, -0.1) is 0 Å². The van der Waals surface area contributed by atoms with Crippen LogP contribution in [-0.4, -0.2) is 26.5 Å². The van der Waals surface area contributed by atoms with E-state index in [1.165, 1.54) is 11.8 Å². The molecule has 0 atom stereocenters. The third kappa shape index (κ3) is 4.19. The average Bonchev–Trinajstić information content (AvgIpc) is 2.60. The van der Waals surface area contributed by atoms with Gasteiger partial charge >= 0.3 is 0 Å². The van der Waals surface area contributed by atoms with Crippen LogP contribution in [0.1, 0.15) is 16.2 Å². The first-order chi connectivity index (χ1) is 11.6. The van der Waals surface area contributed by atoms with Crippen molar-refractivity contribution < 1.29 is 4.79 Å². The largest absolute Gasteiger partial charge is 0.293 e. The first-order valence-electron chi connectivity index (χ1n) is 7.30. The smallest absolute Gasteiger partial charge is 0.173 e. The van der Waals surface area contributed by atoms with Crippen molar-refractivity contribution in [1.82, 2.24) is 15.0 Å². The van der Waals surface area contributed by atoms with Crippen molar-refractivity contribution in [2.24, 2.45) is 0 Å². The summed E-state index contributed by atoms with van der Waals surface area (Å²) >= 11 is 7.23. The monoisotopic (exact) mass is 355 g/mol. The van der Waals surface area contributed by atoms with Crippen molar-refractivity contribution in [2.45, 2.75) is 11.9 Å². The number of carbonyl (C=O) groups is 1. The molecule has 0 unspecified atom stereocenters. The van der Waals surface area contributed by atoms with Crippen LogP contribution in [0.25, 0.3) is 11.4 Å². The van der Waals surface area contributed by atoms with Crippen LogP contribution < -0.4 is 0 Å². The summed E-state index contributed by atoms with van der Waals surface area (Å²) in [5.41, 5.74) is 2.18. The van der Waals surface area contributed by atoms with Gasteiger partial charge in [0.1, 0.15) is 10.9 Å². The van der Waals surface area contributed by atoms with Gasteiger partial charge in [0.05, 0.1) is 17.1 Å². The van der Waals surface area contributed by atoms with Crippen LogP contribution in [0.4, 0.5) is 0 Å². The molecule has 6 heteroatoms. The molecule has 0 aliphatic rings. The number of benzene rings is 1. The van der Waals surface area contributed by atoms with Crippen molar-refractivity contribution in [3.8, 4) is 11.4 Å². The van der Waals surface area contributed by atoms with Crippen LogP contribution in [0.5, 0.6) is 0 Å². The molecule has 120 valence electrons. The second kappa shape index (κ2) is 7.55. The van der Waals surface area contributed by atoms with E-state index in [0.29, 0.717) is 22.2 Å². The lowest BCUT2D eigenvalue weighted by Crippen LogP contribution is -2.03. The molecule has 2 heterocycles. The molecular formula is C18H14ClN3OS. The Morgan fingerprint density at radius 2 is 1.88 bits per heavy atom. The number of hydrogen-bond acceptors (Lipinski definition) is 5. The number of hydrogen-bond donors (Lipinski definition) is 0. The Morgan fingerprint density at radius 1 is 1.08 bits per heavy atom. The van der Waals surface area contributed by atoms with E-state index in [-0.39, 0.29) is 5.78 Å². The van der Waals surface area contributed by atoms with E-state index in [9.17, 15) is 4.79 Å². The molecule has 0 saturated carbocycles. The highest BCUT2D eigenvalue weighted by atomic mass is 35.5. The van der Waals surface area contributed by atoms with Crippen molar-refractivity contribution >= 4 is 29.1 Å². The predicted molar refractivity (Wildman–Crippen MR) is 96.5 cm³/mol. The molecule has 0 bridgehead atoms. The van der Waals surface area contributed by atoms with E-state index in [1.807, 2.05) is 31.2 Å². The number of thioether (sulfide) groups is 1. The SMILES string of the molecule is Cc1nc(SCC(=O)c2ccc(Cl)cc2)cc(-c2ccccn2)n1. The van der Waals surface area contributed by atoms with Gasteiger partial charge in [0.25, 0.3) is 0 Å². The summed E-state index contributed by atoms with van der Waals surface area (Å²) in [4.78, 5) is 25.4. The molecule has 2 aromatic heterocycles. The van der Waals surface area contributed by atoms with Crippen LogP contribution in [-0.2, 0) is 0 Å². The maximum absolute atomic E-state index is 12.2. The molecule has 0 fully saturated rings. The highest BCUT2D eigenvalue weighted by Gasteiger charge is 2.10. The van der Waals surface area contributed by atoms with Crippen molar-refractivity contribution in [2.75, 3.05) is 5.75 Å². The topological polar surface area (TPSA) is 55.7 Å². The number of aromatic nitrogens is 3. The fourth-order valence-corrected chi connectivity index (χ4v) is 3.08. The van der Waals surface area contributed by atoms with E-state index in [2.05, 4.69) is 15.0 Å². The van der Waals surface area contributed by atoms with Gasteiger partial charge in [-0.1, -0.05) is 29.4 Å². The molecule has 24 heavy (non-hydrogen) atoms. The Kier molecular flexibility index (Phi) is 5.23. The minimum absolute atomic E-state index is 0.0346. The number of nitrogens with zero attached hydrogens (tertiary/aromatic N) is 3. The van der Waals surface area contributed by atoms with Gasteiger partial charge in [0.15, 0.2) is 5.78 Å². The summed E-state index contributed by atoms with van der Waals surface area (Å²) in [5.74, 6) is 0.992. The van der Waals surface area contributed by atoms with Crippen molar-refractivity contribution in [3.63, 3.8) is 0 Å². The number of carbonyl (C=O) groups excluding carboxylic acids is 1. The Labute approximate surface area is 149 Å². The number of rotatable bonds is 5. The molecular weight excluding hydrogens is 342 g/mol. The van der Waals surface area contributed by atoms with Gasteiger partial charge in [0.2, 0.25) is 0 Å². The molecule has 4 nitrogen and oxygen atoms in total. The fraction of sp³-hybridized carbons (Fsp3) is 0.111. The number of Topliss-reactive ketones (excluding diaryl/α,β-unsaturated/α-hetero) is 1. The van der Waals surface area contributed by atoms with Gasteiger partial charge < -0.3 is 0 Å². The lowest BCUT2D eigenvalue weighted by Gasteiger charge is -2.05. The van der Waals surface area contributed by atoms with Gasteiger partial charge in [-0.05, 0) is 49.4 Å². The lowest BCUT2D eigenvalue weighted by atomic mass is 10.1. The summed E-state index contributed by atoms with van der Waals surface area (Å²) in [7, 11) is 0. The number of pyridine rings is 1. The van der Waals surface area contributed by atoms with Gasteiger partial charge in [0, 0.05) is 16.8 Å². The Balaban J connectivity index is 1.74. The second-order valence-electron chi connectivity index (χ2n) is 5.07.